The lowest BCUT2D eigenvalue weighted by atomic mass is 9.98. The van der Waals surface area contributed by atoms with Gasteiger partial charge in [-0.25, -0.2) is 4.79 Å². The lowest BCUT2D eigenvalue weighted by Crippen LogP contribution is -2.56. The second kappa shape index (κ2) is 11.4. The fraction of sp³-hybridized carbons (Fsp3) is 0.444. The zero-order valence-corrected chi connectivity index (χ0v) is 20.1. The molecule has 0 aromatic heterocycles. The summed E-state index contributed by atoms with van der Waals surface area (Å²) < 4.78 is 5.54. The minimum absolute atomic E-state index is 0.00570. The molecule has 2 aromatic carbocycles. The number of carbonyl (C=O) groups is 3. The molecule has 35 heavy (non-hydrogen) atoms. The molecule has 0 saturated carbocycles. The number of carboxylic acids is 1. The van der Waals surface area contributed by atoms with Gasteiger partial charge in [-0.05, 0) is 42.1 Å². The average Bonchev–Trinajstić information content (AvgIpc) is 3.18. The molecule has 8 heteroatoms. The number of fused-ring (bicyclic) bond motifs is 3. The lowest BCUT2D eigenvalue weighted by molar-refractivity contribution is -0.147. The third kappa shape index (κ3) is 5.82. The summed E-state index contributed by atoms with van der Waals surface area (Å²) in [5.41, 5.74) is 4.76. The molecule has 1 aliphatic carbocycles. The Morgan fingerprint density at radius 2 is 1.63 bits per heavy atom. The van der Waals surface area contributed by atoms with Crippen molar-refractivity contribution in [1.29, 1.82) is 0 Å². The summed E-state index contributed by atoms with van der Waals surface area (Å²) in [6.07, 6.45) is 2.21. The molecule has 2 aromatic rings. The fourth-order valence-corrected chi connectivity index (χ4v) is 4.94. The summed E-state index contributed by atoms with van der Waals surface area (Å²) in [5, 5.41) is 12.1. The number of carboxylic acid groups (broad SMARTS) is 1. The second-order valence-electron chi connectivity index (χ2n) is 9.24. The number of likely N-dealkylation sites (N-methyl/N-ethyl adjacent to an activating group) is 1. The van der Waals surface area contributed by atoms with Gasteiger partial charge < -0.3 is 20.1 Å². The number of hydrogen-bond donors (Lipinski definition) is 2. The molecular formula is C27H33N3O5. The zero-order valence-electron chi connectivity index (χ0n) is 20.1. The van der Waals surface area contributed by atoms with E-state index in [4.69, 9.17) is 4.74 Å². The van der Waals surface area contributed by atoms with E-state index in [0.717, 1.165) is 12.8 Å². The third-order valence-electron chi connectivity index (χ3n) is 6.97. The molecule has 4 rings (SSSR count). The lowest BCUT2D eigenvalue weighted by Gasteiger charge is -2.37. The van der Waals surface area contributed by atoms with Gasteiger partial charge >= 0.3 is 12.1 Å². The van der Waals surface area contributed by atoms with Crippen molar-refractivity contribution in [3.63, 3.8) is 0 Å². The first kappa shape index (κ1) is 24.7. The number of nitrogens with zero attached hydrogens (tertiary/aromatic N) is 2. The van der Waals surface area contributed by atoms with Crippen LogP contribution in [0.4, 0.5) is 4.79 Å². The van der Waals surface area contributed by atoms with Crippen molar-refractivity contribution in [2.24, 2.45) is 0 Å². The number of carbonyl (C=O) groups excluding carboxylic acids is 2. The van der Waals surface area contributed by atoms with Crippen LogP contribution in [0, 0.1) is 0 Å². The highest BCUT2D eigenvalue weighted by Crippen LogP contribution is 2.44. The van der Waals surface area contributed by atoms with E-state index >= 15 is 0 Å². The van der Waals surface area contributed by atoms with E-state index in [9.17, 15) is 19.5 Å². The van der Waals surface area contributed by atoms with Crippen molar-refractivity contribution in [1.82, 2.24) is 15.1 Å². The number of unbranched alkanes of at least 4 members (excludes halogenated alkanes) is 2. The van der Waals surface area contributed by atoms with Crippen molar-refractivity contribution in [3.8, 4) is 11.1 Å². The van der Waals surface area contributed by atoms with Gasteiger partial charge in [0.1, 0.15) is 12.6 Å². The number of nitrogens with one attached hydrogen (secondary N) is 1. The normalized spacial score (nSPS) is 17.5. The molecule has 1 atom stereocenters. The van der Waals surface area contributed by atoms with Crippen molar-refractivity contribution >= 4 is 18.0 Å². The van der Waals surface area contributed by atoms with Crippen LogP contribution in [-0.4, -0.2) is 78.8 Å². The number of hydrogen-bond acceptors (Lipinski definition) is 5. The van der Waals surface area contributed by atoms with E-state index in [-0.39, 0.29) is 25.0 Å². The van der Waals surface area contributed by atoms with E-state index in [1.54, 1.807) is 16.8 Å². The Morgan fingerprint density at radius 3 is 2.29 bits per heavy atom. The van der Waals surface area contributed by atoms with Crippen LogP contribution in [0.15, 0.2) is 48.5 Å². The number of rotatable bonds is 9. The molecule has 1 fully saturated rings. The maximum absolute atomic E-state index is 12.4. The smallest absolute Gasteiger partial charge is 0.407 e. The maximum Gasteiger partial charge on any atom is 0.407 e. The molecule has 1 aliphatic heterocycles. The molecule has 1 unspecified atom stereocenters. The van der Waals surface area contributed by atoms with Gasteiger partial charge in [0.25, 0.3) is 0 Å². The highest BCUT2D eigenvalue weighted by Gasteiger charge is 2.32. The van der Waals surface area contributed by atoms with Crippen molar-refractivity contribution < 1.29 is 24.2 Å². The quantitative estimate of drug-likeness (QED) is 0.536. The Morgan fingerprint density at radius 1 is 0.971 bits per heavy atom. The van der Waals surface area contributed by atoms with E-state index in [2.05, 4.69) is 29.6 Å². The molecule has 8 nitrogen and oxygen atoms in total. The van der Waals surface area contributed by atoms with E-state index < -0.39 is 18.1 Å². The number of amides is 2. The molecule has 0 radical (unpaired) electrons. The molecule has 0 spiro atoms. The van der Waals surface area contributed by atoms with E-state index in [1.807, 2.05) is 24.3 Å². The molecule has 186 valence electrons. The maximum atomic E-state index is 12.4. The molecule has 2 aliphatic rings. The Hall–Kier alpha value is -3.39. The molecular weight excluding hydrogens is 446 g/mol. The van der Waals surface area contributed by atoms with Gasteiger partial charge in [-0.2, -0.15) is 0 Å². The second-order valence-corrected chi connectivity index (χ2v) is 9.24. The topological polar surface area (TPSA) is 99.2 Å². The van der Waals surface area contributed by atoms with Crippen LogP contribution < -0.4 is 5.32 Å². The van der Waals surface area contributed by atoms with Gasteiger partial charge in [-0.15, -0.1) is 0 Å². The predicted molar refractivity (Wildman–Crippen MR) is 132 cm³/mol. The fourth-order valence-electron chi connectivity index (χ4n) is 4.94. The van der Waals surface area contributed by atoms with Crippen LogP contribution in [0.25, 0.3) is 11.1 Å². The summed E-state index contributed by atoms with van der Waals surface area (Å²) in [5.74, 6) is -0.868. The van der Waals surface area contributed by atoms with E-state index in [1.165, 1.54) is 22.3 Å². The number of piperazine rings is 1. The molecule has 1 heterocycles. The zero-order chi connectivity index (χ0) is 24.8. The Bertz CT molecular complexity index is 1030. The first-order valence-electron chi connectivity index (χ1n) is 12.3. The standard InChI is InChI=1S/C27H33N3O5/c1-29-15-16-30(17-24(29)26(32)33)25(31)13-3-2-8-14-28-27(34)35-18-23-21-11-6-4-9-19(21)20-10-5-7-12-22(20)23/h4-7,9-12,23-24H,2-3,8,13-18H2,1H3,(H,28,34)(H,32,33). The van der Waals surface area contributed by atoms with Crippen LogP contribution in [0.5, 0.6) is 0 Å². The number of ether oxygens (including phenoxy) is 1. The van der Waals surface area contributed by atoms with Crippen LogP contribution in [0.1, 0.15) is 42.7 Å². The minimum Gasteiger partial charge on any atom is -0.480 e. The largest absolute Gasteiger partial charge is 0.480 e. The van der Waals surface area contributed by atoms with Crippen molar-refractivity contribution in [2.75, 3.05) is 39.8 Å². The number of benzene rings is 2. The van der Waals surface area contributed by atoms with Crippen LogP contribution in [-0.2, 0) is 14.3 Å². The van der Waals surface area contributed by atoms with Gasteiger partial charge in [-0.1, -0.05) is 55.0 Å². The van der Waals surface area contributed by atoms with Crippen LogP contribution in [0.2, 0.25) is 0 Å². The van der Waals surface area contributed by atoms with Crippen molar-refractivity contribution in [2.45, 2.75) is 37.6 Å². The SMILES string of the molecule is CN1CCN(C(=O)CCCCCNC(=O)OCC2c3ccccc3-c3ccccc32)CC1C(=O)O. The monoisotopic (exact) mass is 479 g/mol. The summed E-state index contributed by atoms with van der Waals surface area (Å²) >= 11 is 0. The van der Waals surface area contributed by atoms with Crippen molar-refractivity contribution in [3.05, 3.63) is 59.7 Å². The average molecular weight is 480 g/mol. The van der Waals surface area contributed by atoms with Gasteiger partial charge in [0, 0.05) is 38.5 Å². The molecule has 2 amide bonds. The molecule has 2 N–H and O–H groups in total. The Balaban J connectivity index is 1.13. The Labute approximate surface area is 205 Å². The van der Waals surface area contributed by atoms with Crippen LogP contribution in [0.3, 0.4) is 0 Å². The Kier molecular flexibility index (Phi) is 8.02. The summed E-state index contributed by atoms with van der Waals surface area (Å²) in [6, 6.07) is 15.8. The van der Waals surface area contributed by atoms with Gasteiger partial charge in [0.05, 0.1) is 0 Å². The molecule has 1 saturated heterocycles. The summed E-state index contributed by atoms with van der Waals surface area (Å²) in [7, 11) is 1.77. The first-order valence-corrected chi connectivity index (χ1v) is 12.3. The first-order chi connectivity index (χ1) is 17.0. The predicted octanol–water partition coefficient (Wildman–Crippen LogP) is 3.31. The van der Waals surface area contributed by atoms with Crippen LogP contribution >= 0.6 is 0 Å². The number of alkyl carbamates (subject to hydrolysis) is 1. The van der Waals surface area contributed by atoms with Gasteiger partial charge in [-0.3, -0.25) is 14.5 Å². The van der Waals surface area contributed by atoms with Gasteiger partial charge in [0.15, 0.2) is 0 Å². The summed E-state index contributed by atoms with van der Waals surface area (Å²) in [6.45, 7) is 2.13. The van der Waals surface area contributed by atoms with E-state index in [0.29, 0.717) is 32.5 Å². The summed E-state index contributed by atoms with van der Waals surface area (Å²) in [4.78, 5) is 39.4. The third-order valence-corrected chi connectivity index (χ3v) is 6.97. The highest BCUT2D eigenvalue weighted by atomic mass is 16.5. The number of aliphatic carboxylic acids is 1. The highest BCUT2D eigenvalue weighted by molar-refractivity contribution is 5.80. The molecule has 0 bridgehead atoms. The minimum atomic E-state index is -0.899. The van der Waals surface area contributed by atoms with Gasteiger partial charge in [0.2, 0.25) is 5.91 Å².